The minimum atomic E-state index is -1.72. The van der Waals surface area contributed by atoms with Crippen LogP contribution in [0.25, 0.3) is 0 Å². The molecule has 0 spiro atoms. The summed E-state index contributed by atoms with van der Waals surface area (Å²) in [5.41, 5.74) is 0. The van der Waals surface area contributed by atoms with Gasteiger partial charge < -0.3 is 30.3 Å². The van der Waals surface area contributed by atoms with E-state index in [1.165, 1.54) is 0 Å². The molecule has 1 heterocycles. The molecule has 0 saturated carbocycles. The van der Waals surface area contributed by atoms with Gasteiger partial charge in [0.05, 0.1) is 6.61 Å². The van der Waals surface area contributed by atoms with E-state index in [1.54, 1.807) is 0 Å². The molecule has 1 aliphatic rings. The first-order chi connectivity index (χ1) is 6.49. The van der Waals surface area contributed by atoms with Gasteiger partial charge in [0.2, 0.25) is 0 Å². The minimum Gasteiger partial charge on any atom is -0.455 e. The van der Waals surface area contributed by atoms with Crippen molar-refractivity contribution in [2.24, 2.45) is 0 Å². The van der Waals surface area contributed by atoms with Gasteiger partial charge in [-0.25, -0.2) is 4.79 Å². The van der Waals surface area contributed by atoms with Gasteiger partial charge in [-0.05, 0) is 0 Å². The van der Waals surface area contributed by atoms with Crippen LogP contribution in [0.15, 0.2) is 0 Å². The zero-order valence-electron chi connectivity index (χ0n) is 7.15. The van der Waals surface area contributed by atoms with Gasteiger partial charge in [-0.15, -0.1) is 0 Å². The Kier molecular flexibility index (Phi) is 3.40. The second-order valence-corrected chi connectivity index (χ2v) is 3.08. The smallest absolute Gasteiger partial charge is 0.338 e. The van der Waals surface area contributed by atoms with Gasteiger partial charge >= 0.3 is 5.97 Å². The van der Waals surface area contributed by atoms with E-state index < -0.39 is 43.1 Å². The molecule has 1 rings (SSSR count). The molecule has 1 aliphatic heterocycles. The molecule has 14 heavy (non-hydrogen) atoms. The summed E-state index contributed by atoms with van der Waals surface area (Å²) in [4.78, 5) is 10.7. The van der Waals surface area contributed by atoms with Gasteiger partial charge in [-0.2, -0.15) is 0 Å². The van der Waals surface area contributed by atoms with Gasteiger partial charge in [0.25, 0.3) is 0 Å². The summed E-state index contributed by atoms with van der Waals surface area (Å²) in [6, 6.07) is 0. The van der Waals surface area contributed by atoms with Crippen molar-refractivity contribution in [3.8, 4) is 0 Å². The molecule has 0 aliphatic carbocycles. The fourth-order valence-corrected chi connectivity index (χ4v) is 1.19. The predicted octanol–water partition coefficient (Wildman–Crippen LogP) is -3.65. The standard InChI is InChI=1S/C7H12O7/c8-1-2(9)3(10)6-4(11)5(12)7(13)14-6/h2-6,8-12H,1H2/t2?,3-,4?,5?,6?/m0/s1. The summed E-state index contributed by atoms with van der Waals surface area (Å²) in [5.74, 6) is -1.06. The van der Waals surface area contributed by atoms with E-state index in [9.17, 15) is 15.0 Å². The highest BCUT2D eigenvalue weighted by atomic mass is 16.6. The second kappa shape index (κ2) is 4.20. The highest BCUT2D eigenvalue weighted by molar-refractivity contribution is 5.77. The highest BCUT2D eigenvalue weighted by Crippen LogP contribution is 2.20. The molecule has 1 fully saturated rings. The van der Waals surface area contributed by atoms with E-state index >= 15 is 0 Å². The van der Waals surface area contributed by atoms with Crippen molar-refractivity contribution in [3.05, 3.63) is 0 Å². The second-order valence-electron chi connectivity index (χ2n) is 3.08. The number of hydrogen-bond donors (Lipinski definition) is 5. The number of ether oxygens (including phenoxy) is 1. The van der Waals surface area contributed by atoms with Gasteiger partial charge in [0, 0.05) is 0 Å². The van der Waals surface area contributed by atoms with Gasteiger partial charge in [-0.3, -0.25) is 0 Å². The van der Waals surface area contributed by atoms with Crippen molar-refractivity contribution in [3.63, 3.8) is 0 Å². The topological polar surface area (TPSA) is 127 Å². The molecular weight excluding hydrogens is 196 g/mol. The summed E-state index contributed by atoms with van der Waals surface area (Å²) in [6.45, 7) is -0.738. The van der Waals surface area contributed by atoms with Crippen LogP contribution in [-0.4, -0.2) is 68.6 Å². The van der Waals surface area contributed by atoms with E-state index in [0.717, 1.165) is 0 Å². The molecule has 0 aromatic rings. The van der Waals surface area contributed by atoms with Crippen molar-refractivity contribution in [1.82, 2.24) is 0 Å². The Balaban J connectivity index is 2.66. The maximum atomic E-state index is 10.7. The fourth-order valence-electron chi connectivity index (χ4n) is 1.19. The predicted molar refractivity (Wildman–Crippen MR) is 41.0 cm³/mol. The first-order valence-electron chi connectivity index (χ1n) is 4.02. The van der Waals surface area contributed by atoms with Crippen LogP contribution in [0.1, 0.15) is 0 Å². The number of rotatable bonds is 3. The van der Waals surface area contributed by atoms with Crippen LogP contribution < -0.4 is 0 Å². The SMILES string of the molecule is O=C1OC([C@@H](O)C(O)CO)C(O)C1O. The Morgan fingerprint density at radius 1 is 1.36 bits per heavy atom. The molecule has 5 N–H and O–H groups in total. The first-order valence-corrected chi connectivity index (χ1v) is 4.02. The Hall–Kier alpha value is -0.730. The minimum absolute atomic E-state index is 0.738. The molecule has 5 atom stereocenters. The first kappa shape index (κ1) is 11.3. The lowest BCUT2D eigenvalue weighted by Gasteiger charge is -2.23. The van der Waals surface area contributed by atoms with Crippen LogP contribution in [0.3, 0.4) is 0 Å². The van der Waals surface area contributed by atoms with Crippen LogP contribution in [-0.2, 0) is 9.53 Å². The number of carbonyl (C=O) groups is 1. The van der Waals surface area contributed by atoms with Crippen molar-refractivity contribution in [2.45, 2.75) is 30.5 Å². The number of aliphatic hydroxyl groups is 5. The third-order valence-corrected chi connectivity index (χ3v) is 2.07. The van der Waals surface area contributed by atoms with Crippen LogP contribution in [0.5, 0.6) is 0 Å². The van der Waals surface area contributed by atoms with E-state index in [0.29, 0.717) is 0 Å². The number of aliphatic hydroxyl groups excluding tert-OH is 5. The lowest BCUT2D eigenvalue weighted by Crippen LogP contribution is -2.46. The number of cyclic esters (lactones) is 1. The van der Waals surface area contributed by atoms with Gasteiger partial charge in [0.1, 0.15) is 18.3 Å². The molecule has 7 nitrogen and oxygen atoms in total. The Bertz CT molecular complexity index is 218. The molecule has 0 aromatic heterocycles. The average Bonchev–Trinajstić information content (AvgIpc) is 2.43. The quantitative estimate of drug-likeness (QED) is 0.302. The van der Waals surface area contributed by atoms with Crippen LogP contribution in [0.4, 0.5) is 0 Å². The summed E-state index contributed by atoms with van der Waals surface area (Å²) < 4.78 is 4.41. The largest absolute Gasteiger partial charge is 0.455 e. The fraction of sp³-hybridized carbons (Fsp3) is 0.857. The molecule has 1 saturated heterocycles. The van der Waals surface area contributed by atoms with Crippen molar-refractivity contribution in [2.75, 3.05) is 6.61 Å². The van der Waals surface area contributed by atoms with Gasteiger partial charge in [-0.1, -0.05) is 0 Å². The Labute approximate surface area is 79.2 Å². The third-order valence-electron chi connectivity index (χ3n) is 2.07. The van der Waals surface area contributed by atoms with Crippen molar-refractivity contribution >= 4 is 5.97 Å². The summed E-state index contributed by atoms with van der Waals surface area (Å²) in [6.07, 6.45) is -7.90. The lowest BCUT2D eigenvalue weighted by atomic mass is 10.0. The molecule has 82 valence electrons. The van der Waals surface area contributed by atoms with Gasteiger partial charge in [0.15, 0.2) is 12.2 Å². The van der Waals surface area contributed by atoms with Crippen molar-refractivity contribution in [1.29, 1.82) is 0 Å². The third kappa shape index (κ3) is 1.86. The van der Waals surface area contributed by atoms with Crippen molar-refractivity contribution < 1.29 is 35.1 Å². The normalized spacial score (nSPS) is 36.6. The molecular formula is C7H12O7. The Morgan fingerprint density at radius 2 is 1.93 bits per heavy atom. The van der Waals surface area contributed by atoms with Crippen LogP contribution >= 0.6 is 0 Å². The van der Waals surface area contributed by atoms with E-state index in [2.05, 4.69) is 4.74 Å². The van der Waals surface area contributed by atoms with E-state index in [4.69, 9.17) is 15.3 Å². The summed E-state index contributed by atoms with van der Waals surface area (Å²) in [7, 11) is 0. The summed E-state index contributed by atoms with van der Waals surface area (Å²) in [5, 5.41) is 44.9. The van der Waals surface area contributed by atoms with Crippen LogP contribution in [0.2, 0.25) is 0 Å². The molecule has 0 amide bonds. The van der Waals surface area contributed by atoms with E-state index in [-0.39, 0.29) is 0 Å². The molecule has 0 radical (unpaired) electrons. The average molecular weight is 208 g/mol. The zero-order chi connectivity index (χ0) is 10.9. The lowest BCUT2D eigenvalue weighted by molar-refractivity contribution is -0.155. The molecule has 0 aromatic carbocycles. The maximum Gasteiger partial charge on any atom is 0.338 e. The Morgan fingerprint density at radius 3 is 2.29 bits per heavy atom. The molecule has 4 unspecified atom stereocenters. The molecule has 0 bridgehead atoms. The highest BCUT2D eigenvalue weighted by Gasteiger charge is 2.47. The van der Waals surface area contributed by atoms with Crippen LogP contribution in [0, 0.1) is 0 Å². The molecule has 7 heteroatoms. The number of carbonyl (C=O) groups excluding carboxylic acids is 1. The van der Waals surface area contributed by atoms with E-state index in [1.807, 2.05) is 0 Å². The monoisotopic (exact) mass is 208 g/mol. The maximum absolute atomic E-state index is 10.7. The zero-order valence-corrected chi connectivity index (χ0v) is 7.15. The number of esters is 1. The number of hydrogen-bond acceptors (Lipinski definition) is 7. The summed E-state index contributed by atoms with van der Waals surface area (Å²) >= 11 is 0.